The molecule has 1 aliphatic heterocycles. The van der Waals surface area contributed by atoms with Gasteiger partial charge in [-0.1, -0.05) is 13.8 Å². The minimum atomic E-state index is -0.334. The lowest BCUT2D eigenvalue weighted by Crippen LogP contribution is -2.60. The first-order valence-electron chi connectivity index (χ1n) is 10.9. The van der Waals surface area contributed by atoms with E-state index >= 15 is 0 Å². The Morgan fingerprint density at radius 1 is 0.885 bits per heavy atom. The first-order chi connectivity index (χ1) is 12.4. The van der Waals surface area contributed by atoms with E-state index in [2.05, 4.69) is 13.8 Å². The van der Waals surface area contributed by atoms with E-state index < -0.39 is 0 Å². The van der Waals surface area contributed by atoms with E-state index in [0.717, 1.165) is 44.8 Å². The molecule has 8 atom stereocenters. The summed E-state index contributed by atoms with van der Waals surface area (Å²) in [4.78, 5) is 0. The summed E-state index contributed by atoms with van der Waals surface area (Å²) in [5.41, 5.74) is 0.392. The van der Waals surface area contributed by atoms with Crippen LogP contribution in [0, 0.1) is 34.5 Å². The van der Waals surface area contributed by atoms with Crippen LogP contribution in [0.1, 0.15) is 65.2 Å². The molecular weight excluding hydrogens is 328 g/mol. The van der Waals surface area contributed by atoms with Gasteiger partial charge in [0.25, 0.3) is 0 Å². The number of fused-ring (bicyclic) bond motifs is 6. The molecule has 4 saturated carbocycles. The van der Waals surface area contributed by atoms with Crippen LogP contribution < -0.4 is 0 Å². The highest BCUT2D eigenvalue weighted by atomic mass is 16.7. The van der Waals surface area contributed by atoms with Crippen LogP contribution in [0.4, 0.5) is 0 Å². The average Bonchev–Trinajstić information content (AvgIpc) is 3.22. The van der Waals surface area contributed by atoms with Crippen LogP contribution in [0.2, 0.25) is 0 Å². The molecule has 4 heteroatoms. The molecule has 1 N–H and O–H groups in total. The maximum absolute atomic E-state index is 11.2. The molecule has 0 radical (unpaired) electrons. The Kier molecular flexibility index (Phi) is 4.08. The fraction of sp³-hybridized carbons (Fsp3) is 1.00. The van der Waals surface area contributed by atoms with Crippen molar-refractivity contribution in [2.24, 2.45) is 34.5 Å². The lowest BCUT2D eigenvalue weighted by molar-refractivity contribution is -0.253. The Labute approximate surface area is 158 Å². The lowest BCUT2D eigenvalue weighted by atomic mass is 9.44. The quantitative estimate of drug-likeness (QED) is 0.770. The molecule has 5 rings (SSSR count). The van der Waals surface area contributed by atoms with E-state index in [0.29, 0.717) is 23.9 Å². The second-order valence-electron chi connectivity index (χ2n) is 10.4. The van der Waals surface area contributed by atoms with Gasteiger partial charge in [-0.2, -0.15) is 0 Å². The topological polar surface area (TPSA) is 47.9 Å². The lowest BCUT2D eigenvalue weighted by Gasteiger charge is -2.62. The van der Waals surface area contributed by atoms with Crippen LogP contribution in [-0.4, -0.2) is 43.4 Å². The van der Waals surface area contributed by atoms with Crippen molar-refractivity contribution in [1.82, 2.24) is 0 Å². The van der Waals surface area contributed by atoms with E-state index in [9.17, 15) is 5.11 Å². The highest BCUT2D eigenvalue weighted by molar-refractivity contribution is 5.14. The zero-order valence-electron chi connectivity index (χ0n) is 16.7. The fourth-order valence-corrected chi connectivity index (χ4v) is 8.36. The van der Waals surface area contributed by atoms with Crippen molar-refractivity contribution in [2.75, 3.05) is 20.3 Å². The van der Waals surface area contributed by atoms with Gasteiger partial charge in [-0.05, 0) is 74.0 Å². The van der Waals surface area contributed by atoms with Crippen LogP contribution in [0.3, 0.4) is 0 Å². The molecule has 148 valence electrons. The standard InChI is InChI=1S/C22H36O4/c1-20-7-4-14(24-3)12-18(20)19(23)13-15-16(20)5-8-21(2)17(15)6-9-22(21)25-10-11-26-22/h14-19,23H,4-13H2,1-3H3/t14?,15?,16?,17?,18?,19?,20?,21-/m0/s1. The Morgan fingerprint density at radius 2 is 1.62 bits per heavy atom. The molecule has 0 aromatic rings. The van der Waals surface area contributed by atoms with Crippen molar-refractivity contribution in [1.29, 1.82) is 0 Å². The first-order valence-corrected chi connectivity index (χ1v) is 10.9. The molecule has 0 aromatic carbocycles. The molecule has 0 aromatic heterocycles. The number of methoxy groups -OCH3 is 1. The van der Waals surface area contributed by atoms with Crippen molar-refractivity contribution in [3.8, 4) is 0 Å². The zero-order valence-corrected chi connectivity index (χ0v) is 16.7. The Morgan fingerprint density at radius 3 is 2.35 bits per heavy atom. The van der Waals surface area contributed by atoms with Crippen LogP contribution in [-0.2, 0) is 14.2 Å². The predicted octanol–water partition coefficient (Wildman–Crippen LogP) is 3.76. The van der Waals surface area contributed by atoms with E-state index in [1.807, 2.05) is 7.11 Å². The van der Waals surface area contributed by atoms with Crippen molar-refractivity contribution in [2.45, 2.75) is 83.2 Å². The third-order valence-corrected chi connectivity index (χ3v) is 9.76. The highest BCUT2D eigenvalue weighted by Crippen LogP contribution is 2.69. The minimum absolute atomic E-state index is 0.122. The second-order valence-corrected chi connectivity index (χ2v) is 10.4. The molecule has 4 aliphatic carbocycles. The molecule has 1 spiro atoms. The summed E-state index contributed by atoms with van der Waals surface area (Å²) in [6.45, 7) is 6.41. The normalized spacial score (nSPS) is 55.4. The first kappa shape index (κ1) is 17.9. The van der Waals surface area contributed by atoms with E-state index in [4.69, 9.17) is 14.2 Å². The summed E-state index contributed by atoms with van der Waals surface area (Å²) in [5, 5.41) is 11.2. The summed E-state index contributed by atoms with van der Waals surface area (Å²) in [7, 11) is 1.83. The van der Waals surface area contributed by atoms with Crippen molar-refractivity contribution in [3.63, 3.8) is 0 Å². The van der Waals surface area contributed by atoms with Gasteiger partial charge < -0.3 is 19.3 Å². The molecule has 7 unspecified atom stereocenters. The van der Waals surface area contributed by atoms with Crippen molar-refractivity contribution < 1.29 is 19.3 Å². The van der Waals surface area contributed by atoms with Gasteiger partial charge in [0.05, 0.1) is 25.4 Å². The van der Waals surface area contributed by atoms with Gasteiger partial charge in [0.15, 0.2) is 5.79 Å². The third kappa shape index (κ3) is 2.16. The SMILES string of the molecule is COC1CCC2(C)C(C1)C(O)CC1C2CC[C@@]2(C)C1CCC21OCCO1. The van der Waals surface area contributed by atoms with E-state index in [1.165, 1.54) is 25.7 Å². The van der Waals surface area contributed by atoms with Gasteiger partial charge in [-0.25, -0.2) is 0 Å². The van der Waals surface area contributed by atoms with Gasteiger partial charge in [0.2, 0.25) is 0 Å². The second kappa shape index (κ2) is 5.92. The van der Waals surface area contributed by atoms with Crippen LogP contribution in [0.5, 0.6) is 0 Å². The Hall–Kier alpha value is -0.160. The molecular formula is C22H36O4. The number of hydrogen-bond donors (Lipinski definition) is 1. The van der Waals surface area contributed by atoms with Crippen LogP contribution >= 0.6 is 0 Å². The predicted molar refractivity (Wildman–Crippen MR) is 98.5 cm³/mol. The molecule has 5 aliphatic rings. The van der Waals surface area contributed by atoms with Gasteiger partial charge in [0, 0.05) is 18.9 Å². The van der Waals surface area contributed by atoms with Crippen molar-refractivity contribution in [3.05, 3.63) is 0 Å². The number of aliphatic hydroxyl groups excluding tert-OH is 1. The average molecular weight is 365 g/mol. The molecule has 26 heavy (non-hydrogen) atoms. The Bertz CT molecular complexity index is 558. The number of rotatable bonds is 1. The van der Waals surface area contributed by atoms with Crippen molar-refractivity contribution >= 4 is 0 Å². The van der Waals surface area contributed by atoms with Gasteiger partial charge in [-0.3, -0.25) is 0 Å². The minimum Gasteiger partial charge on any atom is -0.393 e. The maximum atomic E-state index is 11.2. The highest BCUT2D eigenvalue weighted by Gasteiger charge is 2.68. The number of hydrogen-bond acceptors (Lipinski definition) is 4. The summed E-state index contributed by atoms with van der Waals surface area (Å²) < 4.78 is 18.2. The molecule has 1 saturated heterocycles. The molecule has 0 bridgehead atoms. The van der Waals surface area contributed by atoms with Gasteiger partial charge >= 0.3 is 0 Å². The summed E-state index contributed by atoms with van der Waals surface area (Å²) in [6, 6.07) is 0. The smallest absolute Gasteiger partial charge is 0.174 e. The number of aliphatic hydroxyl groups is 1. The zero-order chi connectivity index (χ0) is 18.2. The van der Waals surface area contributed by atoms with E-state index in [-0.39, 0.29) is 22.7 Å². The summed E-state index contributed by atoms with van der Waals surface area (Å²) in [6.07, 6.45) is 9.24. The molecule has 5 fully saturated rings. The summed E-state index contributed by atoms with van der Waals surface area (Å²) in [5.74, 6) is 2.06. The largest absolute Gasteiger partial charge is 0.393 e. The molecule has 0 amide bonds. The maximum Gasteiger partial charge on any atom is 0.174 e. The monoisotopic (exact) mass is 364 g/mol. The Balaban J connectivity index is 1.45. The van der Waals surface area contributed by atoms with Gasteiger partial charge in [0.1, 0.15) is 0 Å². The van der Waals surface area contributed by atoms with Gasteiger partial charge in [-0.15, -0.1) is 0 Å². The molecule has 1 heterocycles. The third-order valence-electron chi connectivity index (χ3n) is 9.76. The van der Waals surface area contributed by atoms with E-state index in [1.54, 1.807) is 0 Å². The van der Waals surface area contributed by atoms with Crippen LogP contribution in [0.15, 0.2) is 0 Å². The number of ether oxygens (including phenoxy) is 3. The fourth-order valence-electron chi connectivity index (χ4n) is 8.36. The molecule has 4 nitrogen and oxygen atoms in total. The summed E-state index contributed by atoms with van der Waals surface area (Å²) >= 11 is 0. The van der Waals surface area contributed by atoms with Crippen LogP contribution in [0.25, 0.3) is 0 Å².